The molecule has 1 N–H and O–H groups in total. The number of aliphatic hydroxyl groups is 1. The van der Waals surface area contributed by atoms with Gasteiger partial charge < -0.3 is 19.5 Å². The average molecular weight is 267 g/mol. The van der Waals surface area contributed by atoms with Crippen LogP contribution >= 0.6 is 0 Å². The monoisotopic (exact) mass is 267 g/mol. The smallest absolute Gasteiger partial charge is 0.219 e. The molecular weight excluding hydrogens is 246 g/mol. The highest BCUT2D eigenvalue weighted by Crippen LogP contribution is 2.34. The van der Waals surface area contributed by atoms with Gasteiger partial charge in [0.05, 0.1) is 26.9 Å². The van der Waals surface area contributed by atoms with Crippen molar-refractivity contribution in [1.82, 2.24) is 4.90 Å². The highest BCUT2D eigenvalue weighted by Gasteiger charge is 2.23. The lowest BCUT2D eigenvalue weighted by Gasteiger charge is -2.27. The largest absolute Gasteiger partial charge is 0.496 e. The first-order valence-corrected chi connectivity index (χ1v) is 6.03. The van der Waals surface area contributed by atoms with Crippen LogP contribution in [0.1, 0.15) is 24.1 Å². The molecule has 1 unspecified atom stereocenters. The van der Waals surface area contributed by atoms with E-state index in [0.717, 1.165) is 11.1 Å². The van der Waals surface area contributed by atoms with E-state index in [2.05, 4.69) is 0 Å². The van der Waals surface area contributed by atoms with Crippen molar-refractivity contribution in [3.05, 3.63) is 23.3 Å². The maximum Gasteiger partial charge on any atom is 0.219 e. The Morgan fingerprint density at radius 3 is 2.32 bits per heavy atom. The molecule has 0 aliphatic heterocycles. The normalized spacial score (nSPS) is 11.9. The summed E-state index contributed by atoms with van der Waals surface area (Å²) in [5.41, 5.74) is 1.66. The Hall–Kier alpha value is -1.75. The van der Waals surface area contributed by atoms with Crippen molar-refractivity contribution in [2.24, 2.45) is 0 Å². The highest BCUT2D eigenvalue weighted by atomic mass is 16.5. The van der Waals surface area contributed by atoms with Gasteiger partial charge in [0.15, 0.2) is 0 Å². The molecule has 0 saturated heterocycles. The van der Waals surface area contributed by atoms with E-state index in [-0.39, 0.29) is 12.5 Å². The minimum atomic E-state index is -0.457. The van der Waals surface area contributed by atoms with E-state index in [1.165, 1.54) is 11.8 Å². The third-order valence-corrected chi connectivity index (χ3v) is 3.24. The highest BCUT2D eigenvalue weighted by molar-refractivity contribution is 5.73. The predicted octanol–water partition coefficient (Wildman–Crippen LogP) is 1.52. The lowest BCUT2D eigenvalue weighted by molar-refractivity contribution is -0.130. The first kappa shape index (κ1) is 15.3. The number of carbonyl (C=O) groups excluding carboxylic acids is 1. The molecule has 0 aliphatic rings. The summed E-state index contributed by atoms with van der Waals surface area (Å²) >= 11 is 0. The topological polar surface area (TPSA) is 59.0 Å². The third-order valence-electron chi connectivity index (χ3n) is 3.24. The molecule has 0 aliphatic carbocycles. The summed E-state index contributed by atoms with van der Waals surface area (Å²) in [6, 6.07) is 3.18. The number of likely N-dealkylation sites (N-methyl/N-ethyl adjacent to an activating group) is 1. The zero-order valence-electron chi connectivity index (χ0n) is 12.1. The van der Waals surface area contributed by atoms with E-state index in [4.69, 9.17) is 9.47 Å². The van der Waals surface area contributed by atoms with Crippen molar-refractivity contribution in [2.45, 2.75) is 19.9 Å². The molecule has 0 bridgehead atoms. The number of benzene rings is 1. The second-order valence-electron chi connectivity index (χ2n) is 4.39. The second-order valence-corrected chi connectivity index (χ2v) is 4.39. The van der Waals surface area contributed by atoms with Crippen LogP contribution in [0.3, 0.4) is 0 Å². The molecule has 5 nitrogen and oxygen atoms in total. The molecule has 0 heterocycles. The van der Waals surface area contributed by atoms with E-state index < -0.39 is 6.04 Å². The average Bonchev–Trinajstić information content (AvgIpc) is 2.40. The van der Waals surface area contributed by atoms with Gasteiger partial charge in [0.2, 0.25) is 5.91 Å². The molecule has 1 amide bonds. The molecule has 0 saturated carbocycles. The number of nitrogens with zero attached hydrogens (tertiary/aromatic N) is 1. The van der Waals surface area contributed by atoms with Crippen LogP contribution in [0.15, 0.2) is 12.1 Å². The van der Waals surface area contributed by atoms with E-state index in [1.807, 2.05) is 13.0 Å². The molecule has 0 spiro atoms. The van der Waals surface area contributed by atoms with Crippen LogP contribution in [-0.2, 0) is 4.79 Å². The summed E-state index contributed by atoms with van der Waals surface area (Å²) in [5, 5.41) is 9.56. The zero-order valence-corrected chi connectivity index (χ0v) is 12.1. The fraction of sp³-hybridized carbons (Fsp3) is 0.500. The summed E-state index contributed by atoms with van der Waals surface area (Å²) in [5.74, 6) is 1.21. The Kier molecular flexibility index (Phi) is 5.18. The number of hydrogen-bond acceptors (Lipinski definition) is 4. The molecule has 5 heteroatoms. The van der Waals surface area contributed by atoms with Crippen molar-refractivity contribution in [1.29, 1.82) is 0 Å². The number of ether oxygens (including phenoxy) is 2. The van der Waals surface area contributed by atoms with Crippen LogP contribution in [0.2, 0.25) is 0 Å². The molecular formula is C14H21NO4. The Morgan fingerprint density at radius 1 is 1.32 bits per heavy atom. The van der Waals surface area contributed by atoms with Crippen LogP contribution in [0.5, 0.6) is 11.5 Å². The maximum atomic E-state index is 11.5. The van der Waals surface area contributed by atoms with Gasteiger partial charge in [-0.25, -0.2) is 0 Å². The van der Waals surface area contributed by atoms with Crippen molar-refractivity contribution in [3.8, 4) is 11.5 Å². The fourth-order valence-electron chi connectivity index (χ4n) is 1.98. The van der Waals surface area contributed by atoms with Crippen LogP contribution in [0.4, 0.5) is 0 Å². The molecule has 1 aromatic rings. The summed E-state index contributed by atoms with van der Waals surface area (Å²) in [4.78, 5) is 13.0. The number of rotatable bonds is 5. The number of hydrogen-bond donors (Lipinski definition) is 1. The lowest BCUT2D eigenvalue weighted by atomic mass is 10.0. The van der Waals surface area contributed by atoms with E-state index in [0.29, 0.717) is 11.5 Å². The molecule has 106 valence electrons. The number of methoxy groups -OCH3 is 2. The number of amides is 1. The summed E-state index contributed by atoms with van der Waals surface area (Å²) in [7, 11) is 4.79. The molecule has 1 atom stereocenters. The standard InChI is InChI=1S/C14H21NO4/c1-9-6-14(19-5)11(7-13(9)18-4)12(8-16)15(3)10(2)17/h6-7,12,16H,8H2,1-5H3. The summed E-state index contributed by atoms with van der Waals surface area (Å²) in [6.45, 7) is 3.19. The van der Waals surface area contributed by atoms with Gasteiger partial charge in [-0.15, -0.1) is 0 Å². The quantitative estimate of drug-likeness (QED) is 0.879. The van der Waals surface area contributed by atoms with Gasteiger partial charge in [-0.05, 0) is 24.6 Å². The molecule has 0 aromatic heterocycles. The molecule has 19 heavy (non-hydrogen) atoms. The Balaban J connectivity index is 3.32. The van der Waals surface area contributed by atoms with Gasteiger partial charge >= 0.3 is 0 Å². The van der Waals surface area contributed by atoms with Crippen LogP contribution in [0, 0.1) is 6.92 Å². The van der Waals surface area contributed by atoms with E-state index in [9.17, 15) is 9.90 Å². The second kappa shape index (κ2) is 6.43. The van der Waals surface area contributed by atoms with Crippen LogP contribution in [0.25, 0.3) is 0 Å². The Bertz CT molecular complexity index is 459. The van der Waals surface area contributed by atoms with Gasteiger partial charge in [-0.3, -0.25) is 4.79 Å². The van der Waals surface area contributed by atoms with Gasteiger partial charge in [-0.2, -0.15) is 0 Å². The van der Waals surface area contributed by atoms with Crippen molar-refractivity contribution >= 4 is 5.91 Å². The fourth-order valence-corrected chi connectivity index (χ4v) is 1.98. The van der Waals surface area contributed by atoms with Crippen molar-refractivity contribution < 1.29 is 19.4 Å². The SMILES string of the molecule is COc1cc(C(CO)N(C)C(C)=O)c(OC)cc1C. The van der Waals surface area contributed by atoms with Crippen molar-refractivity contribution in [2.75, 3.05) is 27.9 Å². The van der Waals surface area contributed by atoms with Gasteiger partial charge in [0, 0.05) is 19.5 Å². The molecule has 0 fully saturated rings. The maximum absolute atomic E-state index is 11.5. The van der Waals surface area contributed by atoms with E-state index >= 15 is 0 Å². The predicted molar refractivity (Wildman–Crippen MR) is 72.6 cm³/mol. The lowest BCUT2D eigenvalue weighted by Crippen LogP contribution is -2.31. The summed E-state index contributed by atoms with van der Waals surface area (Å²) in [6.07, 6.45) is 0. The minimum Gasteiger partial charge on any atom is -0.496 e. The van der Waals surface area contributed by atoms with Crippen LogP contribution in [-0.4, -0.2) is 43.8 Å². The molecule has 1 rings (SSSR count). The number of aliphatic hydroxyl groups excluding tert-OH is 1. The number of aryl methyl sites for hydroxylation is 1. The van der Waals surface area contributed by atoms with E-state index in [1.54, 1.807) is 27.3 Å². The van der Waals surface area contributed by atoms with Crippen LogP contribution < -0.4 is 9.47 Å². The van der Waals surface area contributed by atoms with Crippen molar-refractivity contribution in [3.63, 3.8) is 0 Å². The van der Waals surface area contributed by atoms with Gasteiger partial charge in [0.25, 0.3) is 0 Å². The molecule has 1 aromatic carbocycles. The molecule has 0 radical (unpaired) electrons. The zero-order chi connectivity index (χ0) is 14.6. The number of carbonyl (C=O) groups is 1. The Labute approximate surface area is 113 Å². The first-order valence-electron chi connectivity index (χ1n) is 6.03. The van der Waals surface area contributed by atoms with Gasteiger partial charge in [0.1, 0.15) is 11.5 Å². The third kappa shape index (κ3) is 3.17. The Morgan fingerprint density at radius 2 is 1.89 bits per heavy atom. The van der Waals surface area contributed by atoms with Gasteiger partial charge in [-0.1, -0.05) is 0 Å². The summed E-state index contributed by atoms with van der Waals surface area (Å²) < 4.78 is 10.6. The minimum absolute atomic E-state index is 0.124. The first-order chi connectivity index (χ1) is 8.96.